The van der Waals surface area contributed by atoms with Crippen molar-refractivity contribution in [1.29, 1.82) is 0 Å². The van der Waals surface area contributed by atoms with Crippen molar-refractivity contribution in [3.8, 4) is 11.5 Å². The number of ether oxygens (including phenoxy) is 4. The Hall–Kier alpha value is -3.32. The summed E-state index contributed by atoms with van der Waals surface area (Å²) in [5, 5.41) is 0. The van der Waals surface area contributed by atoms with Crippen molar-refractivity contribution in [3.63, 3.8) is 0 Å². The number of morpholine rings is 1. The molecule has 29 heavy (non-hydrogen) atoms. The smallest absolute Gasteiger partial charge is 0.331 e. The minimum Gasteiger partial charge on any atom is -0.454 e. The van der Waals surface area contributed by atoms with Crippen LogP contribution in [0.25, 0.3) is 6.08 Å². The first-order chi connectivity index (χ1) is 14.2. The second-order valence-electron chi connectivity index (χ2n) is 6.61. The van der Waals surface area contributed by atoms with Gasteiger partial charge in [0, 0.05) is 24.7 Å². The van der Waals surface area contributed by atoms with Crippen molar-refractivity contribution in [2.75, 3.05) is 33.1 Å². The largest absolute Gasteiger partial charge is 0.454 e. The fourth-order valence-corrected chi connectivity index (χ4v) is 3.17. The lowest BCUT2D eigenvalue weighted by molar-refractivity contribution is -0.159. The second kappa shape index (κ2) is 8.79. The first-order valence-electron chi connectivity index (χ1n) is 9.40. The Morgan fingerprint density at radius 3 is 2.55 bits per heavy atom. The molecule has 4 rings (SSSR count). The molecule has 7 heteroatoms. The van der Waals surface area contributed by atoms with E-state index in [2.05, 4.69) is 0 Å². The summed E-state index contributed by atoms with van der Waals surface area (Å²) in [5.74, 6) is 0.456. The van der Waals surface area contributed by atoms with Crippen LogP contribution in [0, 0.1) is 0 Å². The van der Waals surface area contributed by atoms with E-state index in [1.807, 2.05) is 24.3 Å². The first kappa shape index (κ1) is 19.0. The van der Waals surface area contributed by atoms with E-state index in [-0.39, 0.29) is 12.7 Å². The quantitative estimate of drug-likeness (QED) is 0.572. The zero-order chi connectivity index (χ0) is 20.1. The van der Waals surface area contributed by atoms with Crippen LogP contribution in [0.1, 0.15) is 17.2 Å². The van der Waals surface area contributed by atoms with Crippen molar-refractivity contribution in [2.45, 2.75) is 6.10 Å². The van der Waals surface area contributed by atoms with Gasteiger partial charge < -0.3 is 23.8 Å². The van der Waals surface area contributed by atoms with Crippen LogP contribution in [-0.4, -0.2) is 49.9 Å². The van der Waals surface area contributed by atoms with Gasteiger partial charge in [0.1, 0.15) is 0 Å². The third-order valence-corrected chi connectivity index (χ3v) is 4.69. The molecule has 0 radical (unpaired) electrons. The lowest BCUT2D eigenvalue weighted by Gasteiger charge is -2.30. The molecule has 7 nitrogen and oxygen atoms in total. The Kier molecular flexibility index (Phi) is 5.76. The predicted octanol–water partition coefficient (Wildman–Crippen LogP) is 2.57. The third-order valence-electron chi connectivity index (χ3n) is 4.69. The summed E-state index contributed by atoms with van der Waals surface area (Å²) in [7, 11) is 0. The molecule has 1 saturated heterocycles. The summed E-state index contributed by atoms with van der Waals surface area (Å²) < 4.78 is 21.5. The number of nitrogens with zero attached hydrogens (tertiary/aromatic N) is 1. The molecule has 0 unspecified atom stereocenters. The molecule has 2 heterocycles. The molecule has 1 fully saturated rings. The highest BCUT2D eigenvalue weighted by atomic mass is 16.7. The van der Waals surface area contributed by atoms with Gasteiger partial charge in [-0.1, -0.05) is 36.4 Å². The van der Waals surface area contributed by atoms with Gasteiger partial charge in [0.25, 0.3) is 5.91 Å². The number of esters is 1. The second-order valence-corrected chi connectivity index (χ2v) is 6.61. The highest BCUT2D eigenvalue weighted by molar-refractivity contribution is 5.91. The average molecular weight is 395 g/mol. The number of rotatable bonds is 5. The summed E-state index contributed by atoms with van der Waals surface area (Å²) in [5.41, 5.74) is 1.40. The fraction of sp³-hybridized carbons (Fsp3) is 0.273. The molecule has 0 N–H and O–H groups in total. The van der Waals surface area contributed by atoms with Crippen LogP contribution in [0.4, 0.5) is 0 Å². The maximum Gasteiger partial charge on any atom is 0.331 e. The van der Waals surface area contributed by atoms with Crippen molar-refractivity contribution in [3.05, 3.63) is 65.7 Å². The Morgan fingerprint density at radius 1 is 1.00 bits per heavy atom. The van der Waals surface area contributed by atoms with Gasteiger partial charge in [0.15, 0.2) is 11.5 Å². The van der Waals surface area contributed by atoms with Crippen LogP contribution < -0.4 is 9.47 Å². The van der Waals surface area contributed by atoms with Gasteiger partial charge in [-0.25, -0.2) is 4.79 Å². The molecule has 0 spiro atoms. The molecule has 1 atom stereocenters. The monoisotopic (exact) mass is 395 g/mol. The average Bonchev–Trinajstić information content (AvgIpc) is 3.25. The van der Waals surface area contributed by atoms with Crippen LogP contribution in [0.3, 0.4) is 0 Å². The van der Waals surface area contributed by atoms with Gasteiger partial charge in [-0.3, -0.25) is 4.79 Å². The van der Waals surface area contributed by atoms with Crippen molar-refractivity contribution in [1.82, 2.24) is 4.90 Å². The van der Waals surface area contributed by atoms with Crippen molar-refractivity contribution >= 4 is 18.0 Å². The van der Waals surface area contributed by atoms with E-state index < -0.39 is 12.1 Å². The molecule has 0 aromatic heterocycles. The molecule has 0 bridgehead atoms. The zero-order valence-electron chi connectivity index (χ0n) is 15.8. The number of carbonyl (C=O) groups excluding carboxylic acids is 2. The molecule has 2 aliphatic rings. The summed E-state index contributed by atoms with van der Waals surface area (Å²) in [4.78, 5) is 27.1. The zero-order valence-corrected chi connectivity index (χ0v) is 15.8. The lowest BCUT2D eigenvalue weighted by Crippen LogP contribution is -2.44. The highest BCUT2D eigenvalue weighted by Gasteiger charge is 2.30. The Labute approximate surface area is 168 Å². The summed E-state index contributed by atoms with van der Waals surface area (Å²) in [6.07, 6.45) is 1.93. The summed E-state index contributed by atoms with van der Waals surface area (Å²) >= 11 is 0. The van der Waals surface area contributed by atoms with Gasteiger partial charge in [-0.05, 0) is 23.8 Å². The van der Waals surface area contributed by atoms with Gasteiger partial charge in [0.2, 0.25) is 12.9 Å². The molecule has 1 amide bonds. The Bertz CT molecular complexity index is 905. The molecule has 150 valence electrons. The van der Waals surface area contributed by atoms with E-state index >= 15 is 0 Å². The van der Waals surface area contributed by atoms with E-state index in [0.717, 1.165) is 5.56 Å². The Balaban J connectivity index is 1.47. The van der Waals surface area contributed by atoms with Gasteiger partial charge in [-0.15, -0.1) is 0 Å². The molecule has 2 aromatic rings. The minimum atomic E-state index is -0.997. The van der Waals surface area contributed by atoms with Gasteiger partial charge >= 0.3 is 5.97 Å². The normalized spacial score (nSPS) is 16.6. The van der Waals surface area contributed by atoms with E-state index in [9.17, 15) is 9.59 Å². The topological polar surface area (TPSA) is 74.3 Å². The SMILES string of the molecule is O=C(/C=C/c1ccc2c(c1)OCO2)O[C@@H](C(=O)N1CCOCC1)c1ccccc1. The first-order valence-corrected chi connectivity index (χ1v) is 9.40. The standard InChI is InChI=1S/C22H21NO6/c24-20(9-7-16-6-8-18-19(14-16)28-15-27-18)29-21(17-4-2-1-3-5-17)22(25)23-10-12-26-13-11-23/h1-9,14,21H,10-13,15H2/b9-7+/t21-/m1/s1. The van der Waals surface area contributed by atoms with Gasteiger partial charge in [0.05, 0.1) is 13.2 Å². The minimum absolute atomic E-state index is 0.187. The predicted molar refractivity (Wildman–Crippen MR) is 104 cm³/mol. The number of fused-ring (bicyclic) bond motifs is 1. The maximum absolute atomic E-state index is 13.0. The van der Waals surface area contributed by atoms with E-state index in [0.29, 0.717) is 43.4 Å². The number of hydrogen-bond acceptors (Lipinski definition) is 6. The van der Waals surface area contributed by atoms with Crippen LogP contribution in [0.5, 0.6) is 11.5 Å². The molecular weight excluding hydrogens is 374 g/mol. The van der Waals surface area contributed by atoms with Gasteiger partial charge in [-0.2, -0.15) is 0 Å². The summed E-state index contributed by atoms with van der Waals surface area (Å²) in [6, 6.07) is 14.4. The molecular formula is C22H21NO6. The molecule has 2 aromatic carbocycles. The Morgan fingerprint density at radius 2 is 1.76 bits per heavy atom. The highest BCUT2D eigenvalue weighted by Crippen LogP contribution is 2.32. The molecule has 2 aliphatic heterocycles. The summed E-state index contributed by atoms with van der Waals surface area (Å²) in [6.45, 7) is 2.10. The lowest BCUT2D eigenvalue weighted by atomic mass is 10.1. The van der Waals surface area contributed by atoms with Crippen molar-refractivity contribution < 1.29 is 28.5 Å². The third kappa shape index (κ3) is 4.57. The van der Waals surface area contributed by atoms with E-state index in [4.69, 9.17) is 18.9 Å². The van der Waals surface area contributed by atoms with Crippen LogP contribution in [0.15, 0.2) is 54.6 Å². The molecule has 0 aliphatic carbocycles. The number of benzene rings is 2. The fourth-order valence-electron chi connectivity index (χ4n) is 3.17. The molecule has 0 saturated carbocycles. The van der Waals surface area contributed by atoms with E-state index in [1.165, 1.54) is 6.08 Å². The maximum atomic E-state index is 13.0. The van der Waals surface area contributed by atoms with Crippen molar-refractivity contribution in [2.24, 2.45) is 0 Å². The number of hydrogen-bond donors (Lipinski definition) is 0. The number of amides is 1. The van der Waals surface area contributed by atoms with E-state index in [1.54, 1.807) is 35.2 Å². The van der Waals surface area contributed by atoms with Crippen LogP contribution in [0.2, 0.25) is 0 Å². The number of carbonyl (C=O) groups is 2. The van der Waals surface area contributed by atoms with Crippen LogP contribution in [-0.2, 0) is 19.1 Å². The van der Waals surface area contributed by atoms with Crippen LogP contribution >= 0.6 is 0 Å².